The second kappa shape index (κ2) is 4.49. The van der Waals surface area contributed by atoms with Crippen LogP contribution < -0.4 is 4.90 Å². The van der Waals surface area contributed by atoms with Gasteiger partial charge < -0.3 is 14.4 Å². The quantitative estimate of drug-likeness (QED) is 0.900. The van der Waals surface area contributed by atoms with E-state index in [0.717, 1.165) is 19.4 Å². The van der Waals surface area contributed by atoms with Gasteiger partial charge in [-0.25, -0.2) is 4.79 Å². The first-order valence-electron chi connectivity index (χ1n) is 5.86. The Kier molecular flexibility index (Phi) is 2.83. The Morgan fingerprint density at radius 2 is 2.28 bits per heavy atom. The van der Waals surface area contributed by atoms with Crippen molar-refractivity contribution in [1.82, 2.24) is 0 Å². The highest BCUT2D eigenvalue weighted by Gasteiger charge is 2.31. The van der Waals surface area contributed by atoms with Gasteiger partial charge in [0.25, 0.3) is 0 Å². The molecule has 0 amide bonds. The maximum absolute atomic E-state index is 10.8. The van der Waals surface area contributed by atoms with E-state index in [1.807, 2.05) is 11.4 Å². The predicted molar refractivity (Wildman–Crippen MR) is 69.2 cm³/mol. The minimum atomic E-state index is -1.02. The minimum absolute atomic E-state index is 0.00169. The zero-order valence-corrected chi connectivity index (χ0v) is 10.5. The van der Waals surface area contributed by atoms with Gasteiger partial charge in [0.05, 0.1) is 6.54 Å². The number of carbonyl (C=O) groups is 1. The van der Waals surface area contributed by atoms with Crippen LogP contribution in [0.5, 0.6) is 0 Å². The second-order valence-corrected chi connectivity index (χ2v) is 5.41. The Labute approximate surface area is 108 Å². The summed E-state index contributed by atoms with van der Waals surface area (Å²) in [4.78, 5) is 14.2. The summed E-state index contributed by atoms with van der Waals surface area (Å²) in [6.45, 7) is 0.787. The van der Waals surface area contributed by atoms with E-state index in [2.05, 4.69) is 11.0 Å². The lowest BCUT2D eigenvalue weighted by molar-refractivity contribution is 0.0663. The van der Waals surface area contributed by atoms with Crippen molar-refractivity contribution in [2.24, 2.45) is 0 Å². The molecule has 1 N–H and O–H groups in total. The van der Waals surface area contributed by atoms with Gasteiger partial charge in [0, 0.05) is 17.0 Å². The molecular formula is C13H13NO3S. The maximum atomic E-state index is 10.8. The number of carboxylic acid groups (broad SMARTS) is 1. The molecule has 1 aliphatic rings. The summed E-state index contributed by atoms with van der Waals surface area (Å²) in [7, 11) is 0. The van der Waals surface area contributed by atoms with Crippen molar-refractivity contribution in [3.05, 3.63) is 40.3 Å². The molecule has 2 heterocycles. The zero-order chi connectivity index (χ0) is 12.5. The van der Waals surface area contributed by atoms with Gasteiger partial charge in [-0.2, -0.15) is 0 Å². The second-order valence-electron chi connectivity index (χ2n) is 4.38. The largest absolute Gasteiger partial charge is 0.475 e. The average Bonchev–Trinajstić information content (AvgIpc) is 2.88. The van der Waals surface area contributed by atoms with Crippen LogP contribution >= 0.6 is 11.3 Å². The Morgan fingerprint density at radius 1 is 1.44 bits per heavy atom. The third-order valence-corrected chi connectivity index (χ3v) is 3.84. The van der Waals surface area contributed by atoms with Crippen molar-refractivity contribution in [2.45, 2.75) is 25.4 Å². The van der Waals surface area contributed by atoms with Crippen LogP contribution in [0.25, 0.3) is 0 Å². The molecule has 1 aliphatic carbocycles. The van der Waals surface area contributed by atoms with E-state index in [1.165, 1.54) is 10.9 Å². The first-order valence-corrected chi connectivity index (χ1v) is 6.74. The van der Waals surface area contributed by atoms with Crippen LogP contribution in [-0.4, -0.2) is 17.1 Å². The SMILES string of the molecule is O=C(O)c1ccc(N(Cc2cccs2)C2CC2)o1. The molecule has 0 radical (unpaired) electrons. The van der Waals surface area contributed by atoms with Gasteiger partial charge >= 0.3 is 5.97 Å². The lowest BCUT2D eigenvalue weighted by Crippen LogP contribution is -2.23. The number of thiophene rings is 1. The van der Waals surface area contributed by atoms with Crippen molar-refractivity contribution in [3.8, 4) is 0 Å². The molecule has 2 aromatic rings. The predicted octanol–water partition coefficient (Wildman–Crippen LogP) is 3.21. The van der Waals surface area contributed by atoms with Gasteiger partial charge in [0.15, 0.2) is 5.88 Å². The fraction of sp³-hybridized carbons (Fsp3) is 0.308. The summed E-state index contributed by atoms with van der Waals surface area (Å²) >= 11 is 1.70. The first-order chi connectivity index (χ1) is 8.74. The molecule has 0 spiro atoms. The highest BCUT2D eigenvalue weighted by molar-refractivity contribution is 7.09. The summed E-state index contributed by atoms with van der Waals surface area (Å²) in [5.41, 5.74) is 0. The van der Waals surface area contributed by atoms with Crippen LogP contribution in [0.3, 0.4) is 0 Å². The molecule has 2 aromatic heterocycles. The molecule has 1 fully saturated rings. The van der Waals surface area contributed by atoms with E-state index >= 15 is 0 Å². The van der Waals surface area contributed by atoms with Crippen molar-refractivity contribution in [3.63, 3.8) is 0 Å². The number of aromatic carboxylic acids is 1. The molecule has 4 nitrogen and oxygen atoms in total. The van der Waals surface area contributed by atoms with Crippen molar-refractivity contribution in [1.29, 1.82) is 0 Å². The summed E-state index contributed by atoms with van der Waals surface area (Å²) < 4.78 is 5.39. The molecule has 0 aromatic carbocycles. The summed E-state index contributed by atoms with van der Waals surface area (Å²) in [6.07, 6.45) is 2.29. The Hall–Kier alpha value is -1.75. The molecule has 94 valence electrons. The van der Waals surface area contributed by atoms with Gasteiger partial charge in [0.1, 0.15) is 0 Å². The fourth-order valence-electron chi connectivity index (χ4n) is 1.94. The zero-order valence-electron chi connectivity index (χ0n) is 9.70. The standard InChI is InChI=1S/C13H13NO3S/c15-13(16)11-5-6-12(17-11)14(9-3-4-9)8-10-2-1-7-18-10/h1-2,5-7,9H,3-4,8H2,(H,15,16). The minimum Gasteiger partial charge on any atom is -0.475 e. The van der Waals surface area contributed by atoms with E-state index in [-0.39, 0.29) is 5.76 Å². The van der Waals surface area contributed by atoms with Gasteiger partial charge in [-0.15, -0.1) is 11.3 Å². The third kappa shape index (κ3) is 2.26. The van der Waals surface area contributed by atoms with Crippen LogP contribution in [0.4, 0.5) is 5.88 Å². The van der Waals surface area contributed by atoms with E-state index in [4.69, 9.17) is 9.52 Å². The maximum Gasteiger partial charge on any atom is 0.371 e. The lowest BCUT2D eigenvalue weighted by atomic mass is 10.4. The lowest BCUT2D eigenvalue weighted by Gasteiger charge is -2.20. The van der Waals surface area contributed by atoms with Crippen LogP contribution in [-0.2, 0) is 6.54 Å². The van der Waals surface area contributed by atoms with E-state index in [0.29, 0.717) is 11.9 Å². The number of rotatable bonds is 5. The molecule has 1 saturated carbocycles. The normalized spacial score (nSPS) is 14.7. The molecule has 0 atom stereocenters. The topological polar surface area (TPSA) is 53.7 Å². The molecule has 0 unspecified atom stereocenters. The van der Waals surface area contributed by atoms with Crippen molar-refractivity contribution < 1.29 is 14.3 Å². The van der Waals surface area contributed by atoms with E-state index in [1.54, 1.807) is 17.4 Å². The number of nitrogens with zero attached hydrogens (tertiary/aromatic N) is 1. The number of anilines is 1. The third-order valence-electron chi connectivity index (χ3n) is 2.98. The van der Waals surface area contributed by atoms with Gasteiger partial charge in [-0.3, -0.25) is 0 Å². The molecular weight excluding hydrogens is 250 g/mol. The Morgan fingerprint density at radius 3 is 2.83 bits per heavy atom. The molecule has 0 aliphatic heterocycles. The number of hydrogen-bond acceptors (Lipinski definition) is 4. The highest BCUT2D eigenvalue weighted by atomic mass is 32.1. The number of carboxylic acids is 1. The van der Waals surface area contributed by atoms with Crippen molar-refractivity contribution in [2.75, 3.05) is 4.90 Å². The molecule has 0 saturated heterocycles. The Bertz CT molecular complexity index is 542. The van der Waals surface area contributed by atoms with E-state index < -0.39 is 5.97 Å². The number of hydrogen-bond donors (Lipinski definition) is 1. The summed E-state index contributed by atoms with van der Waals surface area (Å²) in [5.74, 6) is -0.363. The van der Waals surface area contributed by atoms with Crippen molar-refractivity contribution >= 4 is 23.2 Å². The number of furan rings is 1. The van der Waals surface area contributed by atoms with Crippen LogP contribution in [0.15, 0.2) is 34.1 Å². The Balaban J connectivity index is 1.82. The monoisotopic (exact) mass is 263 g/mol. The average molecular weight is 263 g/mol. The molecule has 0 bridgehead atoms. The van der Waals surface area contributed by atoms with Gasteiger partial charge in [0.2, 0.25) is 5.76 Å². The van der Waals surface area contributed by atoms with Gasteiger partial charge in [-0.1, -0.05) is 6.07 Å². The smallest absolute Gasteiger partial charge is 0.371 e. The molecule has 18 heavy (non-hydrogen) atoms. The van der Waals surface area contributed by atoms with Gasteiger partial charge in [-0.05, 0) is 30.4 Å². The summed E-state index contributed by atoms with van der Waals surface area (Å²) in [5, 5.41) is 10.9. The fourth-order valence-corrected chi connectivity index (χ4v) is 2.64. The summed E-state index contributed by atoms with van der Waals surface area (Å²) in [6, 6.07) is 7.85. The van der Waals surface area contributed by atoms with E-state index in [9.17, 15) is 4.79 Å². The highest BCUT2D eigenvalue weighted by Crippen LogP contribution is 2.34. The van der Waals surface area contributed by atoms with Crippen LogP contribution in [0.1, 0.15) is 28.3 Å². The molecule has 5 heteroatoms. The van der Waals surface area contributed by atoms with Crippen LogP contribution in [0.2, 0.25) is 0 Å². The molecule has 3 rings (SSSR count). The first kappa shape index (κ1) is 11.3. The van der Waals surface area contributed by atoms with Crippen LogP contribution in [0, 0.1) is 0 Å².